The van der Waals surface area contributed by atoms with Gasteiger partial charge in [-0.25, -0.2) is 9.97 Å². The van der Waals surface area contributed by atoms with Crippen LogP contribution >= 0.6 is 11.8 Å². The summed E-state index contributed by atoms with van der Waals surface area (Å²) >= 11 is 1.80. The largest absolute Gasteiger partial charge is 0.481 e. The molecule has 0 aliphatic rings. The normalized spacial score (nSPS) is 11.0. The highest BCUT2D eigenvalue weighted by Crippen LogP contribution is 2.19. The lowest BCUT2D eigenvalue weighted by Crippen LogP contribution is -2.13. The van der Waals surface area contributed by atoms with E-state index in [4.69, 9.17) is 5.11 Å². The van der Waals surface area contributed by atoms with Gasteiger partial charge in [0.1, 0.15) is 5.82 Å². The summed E-state index contributed by atoms with van der Waals surface area (Å²) in [6.45, 7) is 8.30. The first-order valence-electron chi connectivity index (χ1n) is 6.68. The quantitative estimate of drug-likeness (QED) is 0.833. The van der Waals surface area contributed by atoms with E-state index >= 15 is 0 Å². The van der Waals surface area contributed by atoms with E-state index in [-0.39, 0.29) is 6.42 Å². The number of thioether (sulfide) groups is 1. The van der Waals surface area contributed by atoms with E-state index in [0.29, 0.717) is 5.25 Å². The van der Waals surface area contributed by atoms with E-state index < -0.39 is 5.97 Å². The van der Waals surface area contributed by atoms with Crippen LogP contribution in [0.25, 0.3) is 0 Å². The van der Waals surface area contributed by atoms with Crippen LogP contribution < -0.4 is 0 Å². The average Bonchev–Trinajstić information content (AvgIpc) is 2.36. The van der Waals surface area contributed by atoms with E-state index in [1.807, 2.05) is 13.8 Å². The molecule has 1 aromatic heterocycles. The van der Waals surface area contributed by atoms with Crippen LogP contribution in [-0.2, 0) is 29.8 Å². The van der Waals surface area contributed by atoms with Crippen molar-refractivity contribution in [2.45, 2.75) is 58.0 Å². The summed E-state index contributed by atoms with van der Waals surface area (Å²) in [7, 11) is 0. The third-order valence-electron chi connectivity index (χ3n) is 2.77. The molecular formula is C14H22N2O2S. The Morgan fingerprint density at radius 2 is 1.74 bits per heavy atom. The van der Waals surface area contributed by atoms with Gasteiger partial charge in [-0.1, -0.05) is 27.7 Å². The molecule has 0 unspecified atom stereocenters. The molecule has 19 heavy (non-hydrogen) atoms. The van der Waals surface area contributed by atoms with Gasteiger partial charge in [0, 0.05) is 17.0 Å². The molecule has 5 heteroatoms. The van der Waals surface area contributed by atoms with Crippen molar-refractivity contribution in [2.75, 3.05) is 0 Å². The molecule has 0 spiro atoms. The fourth-order valence-corrected chi connectivity index (χ4v) is 2.50. The zero-order valence-corrected chi connectivity index (χ0v) is 12.9. The number of aromatic nitrogens is 2. The fourth-order valence-electron chi connectivity index (χ4n) is 1.88. The van der Waals surface area contributed by atoms with Crippen LogP contribution in [0, 0.1) is 0 Å². The number of carboxylic acids is 1. The summed E-state index contributed by atoms with van der Waals surface area (Å²) in [6, 6.07) is 0. The van der Waals surface area contributed by atoms with Crippen molar-refractivity contribution in [3.8, 4) is 0 Å². The highest BCUT2D eigenvalue weighted by molar-refractivity contribution is 7.99. The van der Waals surface area contributed by atoms with Crippen molar-refractivity contribution >= 4 is 17.7 Å². The predicted molar refractivity (Wildman–Crippen MR) is 78.6 cm³/mol. The molecule has 1 heterocycles. The second kappa shape index (κ2) is 7.48. The second-order valence-electron chi connectivity index (χ2n) is 4.65. The molecule has 0 aliphatic heterocycles. The lowest BCUT2D eigenvalue weighted by atomic mass is 10.0. The van der Waals surface area contributed by atoms with Crippen molar-refractivity contribution in [3.63, 3.8) is 0 Å². The maximum atomic E-state index is 10.9. The highest BCUT2D eigenvalue weighted by Gasteiger charge is 2.15. The molecule has 0 radical (unpaired) electrons. The standard InChI is InChI=1S/C14H22N2O2S/c1-5-11-10(7-14(17)18)12(6-2)16-13(15-11)8-19-9(3)4/h9H,5-8H2,1-4H3,(H,17,18). The van der Waals surface area contributed by atoms with Crippen molar-refractivity contribution in [1.82, 2.24) is 9.97 Å². The Morgan fingerprint density at radius 1 is 1.21 bits per heavy atom. The van der Waals surface area contributed by atoms with Gasteiger partial charge >= 0.3 is 5.97 Å². The number of rotatable bonds is 7. The monoisotopic (exact) mass is 282 g/mol. The number of aliphatic carboxylic acids is 1. The van der Waals surface area contributed by atoms with E-state index in [2.05, 4.69) is 23.8 Å². The third-order valence-corrected chi connectivity index (χ3v) is 3.86. The first kappa shape index (κ1) is 16.0. The molecule has 1 aromatic rings. The van der Waals surface area contributed by atoms with Crippen LogP contribution in [-0.4, -0.2) is 26.3 Å². The van der Waals surface area contributed by atoms with Gasteiger partial charge in [0.05, 0.1) is 12.2 Å². The van der Waals surface area contributed by atoms with Crippen molar-refractivity contribution in [1.29, 1.82) is 0 Å². The number of hydrogen-bond acceptors (Lipinski definition) is 4. The van der Waals surface area contributed by atoms with Gasteiger partial charge in [-0.2, -0.15) is 11.8 Å². The molecule has 0 saturated heterocycles. The van der Waals surface area contributed by atoms with Gasteiger partial charge in [-0.3, -0.25) is 4.79 Å². The third kappa shape index (κ3) is 4.82. The highest BCUT2D eigenvalue weighted by atomic mass is 32.2. The minimum atomic E-state index is -0.822. The maximum absolute atomic E-state index is 10.9. The average molecular weight is 282 g/mol. The number of carbonyl (C=O) groups is 1. The van der Waals surface area contributed by atoms with E-state index in [1.165, 1.54) is 0 Å². The number of nitrogens with zero attached hydrogens (tertiary/aromatic N) is 2. The van der Waals surface area contributed by atoms with Gasteiger partial charge in [0.2, 0.25) is 0 Å². The van der Waals surface area contributed by atoms with Gasteiger partial charge in [-0.05, 0) is 18.1 Å². The number of hydrogen-bond donors (Lipinski definition) is 1. The lowest BCUT2D eigenvalue weighted by Gasteiger charge is -2.13. The first-order valence-corrected chi connectivity index (χ1v) is 7.73. The summed E-state index contributed by atoms with van der Waals surface area (Å²) in [5.74, 6) is 0.782. The molecule has 106 valence electrons. The Morgan fingerprint density at radius 3 is 2.11 bits per heavy atom. The maximum Gasteiger partial charge on any atom is 0.307 e. The zero-order chi connectivity index (χ0) is 14.4. The Balaban J connectivity index is 3.08. The van der Waals surface area contributed by atoms with Crippen molar-refractivity contribution in [3.05, 3.63) is 22.8 Å². The van der Waals surface area contributed by atoms with E-state index in [1.54, 1.807) is 11.8 Å². The molecule has 0 fully saturated rings. The first-order chi connectivity index (χ1) is 8.97. The predicted octanol–water partition coefficient (Wildman–Crippen LogP) is 2.87. The van der Waals surface area contributed by atoms with Gasteiger partial charge in [-0.15, -0.1) is 0 Å². The molecule has 0 aromatic carbocycles. The SMILES string of the molecule is CCc1nc(CSC(C)C)nc(CC)c1CC(=O)O. The van der Waals surface area contributed by atoms with Crippen LogP contribution in [0.2, 0.25) is 0 Å². The van der Waals surface area contributed by atoms with Gasteiger partial charge in [0.15, 0.2) is 0 Å². The lowest BCUT2D eigenvalue weighted by molar-refractivity contribution is -0.136. The van der Waals surface area contributed by atoms with Crippen LogP contribution in [0.15, 0.2) is 0 Å². The zero-order valence-electron chi connectivity index (χ0n) is 12.1. The fraction of sp³-hybridized carbons (Fsp3) is 0.643. The summed E-state index contributed by atoms with van der Waals surface area (Å²) < 4.78 is 0. The number of aryl methyl sites for hydroxylation is 2. The molecule has 1 N–H and O–H groups in total. The van der Waals surface area contributed by atoms with Crippen LogP contribution in [0.4, 0.5) is 0 Å². The van der Waals surface area contributed by atoms with Crippen molar-refractivity contribution in [2.24, 2.45) is 0 Å². The molecule has 0 bridgehead atoms. The molecule has 0 aliphatic carbocycles. The molecule has 4 nitrogen and oxygen atoms in total. The molecule has 1 rings (SSSR count). The summed E-state index contributed by atoms with van der Waals surface area (Å²) in [5, 5.41) is 9.53. The second-order valence-corrected chi connectivity index (χ2v) is 6.21. The smallest absolute Gasteiger partial charge is 0.307 e. The summed E-state index contributed by atoms with van der Waals surface area (Å²) in [4.78, 5) is 20.0. The molecule has 0 saturated carbocycles. The molecule has 0 amide bonds. The van der Waals surface area contributed by atoms with Gasteiger partial charge in [0.25, 0.3) is 0 Å². The van der Waals surface area contributed by atoms with E-state index in [0.717, 1.165) is 41.4 Å². The summed E-state index contributed by atoms with van der Waals surface area (Å²) in [6.07, 6.45) is 1.51. The molecular weight excluding hydrogens is 260 g/mol. The Bertz CT molecular complexity index is 422. The van der Waals surface area contributed by atoms with Crippen LogP contribution in [0.3, 0.4) is 0 Å². The molecule has 0 atom stereocenters. The Labute approximate surface area is 119 Å². The minimum Gasteiger partial charge on any atom is -0.481 e. The number of carboxylic acid groups (broad SMARTS) is 1. The summed E-state index contributed by atoms with van der Waals surface area (Å²) in [5.41, 5.74) is 2.57. The Hall–Kier alpha value is -1.10. The van der Waals surface area contributed by atoms with Crippen LogP contribution in [0.5, 0.6) is 0 Å². The van der Waals surface area contributed by atoms with Crippen LogP contribution in [0.1, 0.15) is 50.5 Å². The minimum absolute atomic E-state index is 0.0178. The van der Waals surface area contributed by atoms with Gasteiger partial charge < -0.3 is 5.11 Å². The topological polar surface area (TPSA) is 63.1 Å². The van der Waals surface area contributed by atoms with Crippen molar-refractivity contribution < 1.29 is 9.90 Å². The Kier molecular flexibility index (Phi) is 6.28. The van der Waals surface area contributed by atoms with E-state index in [9.17, 15) is 4.79 Å².